The second-order valence-corrected chi connectivity index (χ2v) is 1.77. The van der Waals surface area contributed by atoms with Crippen LogP contribution in [0.5, 0.6) is 0 Å². The first-order valence-electron chi connectivity index (χ1n) is 1.90. The van der Waals surface area contributed by atoms with Gasteiger partial charge in [0.1, 0.15) is 0 Å². The molecule has 0 aromatic carbocycles. The summed E-state index contributed by atoms with van der Waals surface area (Å²) in [4.78, 5) is 0. The van der Waals surface area contributed by atoms with Gasteiger partial charge in [0.05, 0.1) is 0 Å². The molecule has 0 saturated carbocycles. The molecule has 0 aromatic rings. The fourth-order valence-corrected chi connectivity index (χ4v) is 0.523. The Bertz CT molecular complexity index is 64.3. The summed E-state index contributed by atoms with van der Waals surface area (Å²) in [6.45, 7) is 5.68. The summed E-state index contributed by atoms with van der Waals surface area (Å²) in [6, 6.07) is 0. The van der Waals surface area contributed by atoms with Crippen molar-refractivity contribution >= 4 is 15.5 Å². The highest BCUT2D eigenvalue weighted by Crippen LogP contribution is 1.87. The van der Waals surface area contributed by atoms with Crippen LogP contribution in [0.2, 0.25) is 0 Å². The highest BCUT2D eigenvalue weighted by molar-refractivity contribution is 6.27. The SMILES string of the molecule is C=C(C)CC=[Si]. The van der Waals surface area contributed by atoms with Crippen LogP contribution in [0.15, 0.2) is 12.2 Å². The van der Waals surface area contributed by atoms with Crippen LogP contribution in [-0.2, 0) is 0 Å². The highest BCUT2D eigenvalue weighted by atomic mass is 28.1. The van der Waals surface area contributed by atoms with Crippen molar-refractivity contribution in [1.29, 1.82) is 0 Å². The van der Waals surface area contributed by atoms with E-state index < -0.39 is 0 Å². The molecule has 1 heteroatoms. The van der Waals surface area contributed by atoms with Gasteiger partial charge in [-0.2, -0.15) is 0 Å². The Kier molecular flexibility index (Phi) is 2.95. The predicted molar refractivity (Wildman–Crippen MR) is 31.2 cm³/mol. The van der Waals surface area contributed by atoms with Gasteiger partial charge in [-0.05, 0) is 13.3 Å². The summed E-state index contributed by atoms with van der Waals surface area (Å²) in [5.41, 5.74) is 3.09. The lowest BCUT2D eigenvalue weighted by molar-refractivity contribution is 1.32. The molecule has 0 fully saturated rings. The lowest BCUT2D eigenvalue weighted by Gasteiger charge is -1.82. The van der Waals surface area contributed by atoms with Crippen molar-refractivity contribution in [2.75, 3.05) is 0 Å². The molecule has 0 bridgehead atoms. The van der Waals surface area contributed by atoms with Gasteiger partial charge in [0.2, 0.25) is 0 Å². The Balaban J connectivity index is 3.05. The fraction of sp³-hybridized carbons (Fsp3) is 0.400. The molecule has 0 unspecified atom stereocenters. The van der Waals surface area contributed by atoms with Gasteiger partial charge >= 0.3 is 0 Å². The average Bonchev–Trinajstić information content (AvgIpc) is 1.35. The van der Waals surface area contributed by atoms with Crippen molar-refractivity contribution in [2.45, 2.75) is 13.3 Å². The van der Waals surface area contributed by atoms with Crippen molar-refractivity contribution in [2.24, 2.45) is 0 Å². The zero-order chi connectivity index (χ0) is 4.99. The van der Waals surface area contributed by atoms with Crippen molar-refractivity contribution < 1.29 is 0 Å². The molecule has 0 rings (SSSR count). The first-order valence-corrected chi connectivity index (χ1v) is 2.48. The molecule has 2 radical (unpaired) electrons. The summed E-state index contributed by atoms with van der Waals surface area (Å²) >= 11 is 0. The summed E-state index contributed by atoms with van der Waals surface area (Å²) in [6.07, 6.45) is 0.969. The standard InChI is InChI=1S/C5H8Si/c1-5(2)3-4-6/h4H,1,3H2,2H3. The average molecular weight is 96.2 g/mol. The van der Waals surface area contributed by atoms with Crippen LogP contribution >= 0.6 is 0 Å². The maximum Gasteiger partial charge on any atom is 0.0251 e. The Morgan fingerprint density at radius 1 is 2.00 bits per heavy atom. The zero-order valence-electron chi connectivity index (χ0n) is 3.99. The number of rotatable bonds is 2. The second-order valence-electron chi connectivity index (χ2n) is 1.37. The Morgan fingerprint density at radius 2 is 2.50 bits per heavy atom. The van der Waals surface area contributed by atoms with E-state index in [1.54, 1.807) is 0 Å². The minimum Gasteiger partial charge on any atom is -0.0998 e. The van der Waals surface area contributed by atoms with Gasteiger partial charge in [0.15, 0.2) is 0 Å². The molecule has 6 heavy (non-hydrogen) atoms. The molecule has 0 amide bonds. The quantitative estimate of drug-likeness (QED) is 0.354. The Labute approximate surface area is 41.9 Å². The van der Waals surface area contributed by atoms with Gasteiger partial charge < -0.3 is 0 Å². The minimum absolute atomic E-state index is 0.969. The third kappa shape index (κ3) is 3.83. The van der Waals surface area contributed by atoms with Gasteiger partial charge in [0.25, 0.3) is 0 Å². The van der Waals surface area contributed by atoms with E-state index in [1.807, 2.05) is 12.6 Å². The molecule has 0 aliphatic carbocycles. The molecule has 0 aliphatic heterocycles. The van der Waals surface area contributed by atoms with Crippen LogP contribution in [-0.4, -0.2) is 15.5 Å². The molecule has 0 aromatic heterocycles. The van der Waals surface area contributed by atoms with E-state index in [0.717, 1.165) is 6.42 Å². The third-order valence-electron chi connectivity index (χ3n) is 0.451. The molecular weight excluding hydrogens is 88.1 g/mol. The molecule has 0 atom stereocenters. The van der Waals surface area contributed by atoms with Crippen molar-refractivity contribution in [1.82, 2.24) is 0 Å². The first kappa shape index (κ1) is 5.83. The molecule has 0 heterocycles. The normalized spacial score (nSPS) is 7.50. The lowest BCUT2D eigenvalue weighted by Crippen LogP contribution is -1.72. The van der Waals surface area contributed by atoms with Crippen LogP contribution in [0.25, 0.3) is 0 Å². The molecule has 0 saturated heterocycles. The van der Waals surface area contributed by atoms with Crippen LogP contribution in [0.1, 0.15) is 13.3 Å². The van der Waals surface area contributed by atoms with Gasteiger partial charge in [-0.15, -0.1) is 0 Å². The van der Waals surface area contributed by atoms with Crippen molar-refractivity contribution in [3.05, 3.63) is 12.2 Å². The summed E-state index contributed by atoms with van der Waals surface area (Å²) in [5, 5.41) is 0. The largest absolute Gasteiger partial charge is 0.0998 e. The van der Waals surface area contributed by atoms with E-state index >= 15 is 0 Å². The molecule has 0 N–H and O–H groups in total. The Morgan fingerprint density at radius 3 is 2.50 bits per heavy atom. The Hall–Kier alpha value is -0.173. The van der Waals surface area contributed by atoms with E-state index in [-0.39, 0.29) is 0 Å². The van der Waals surface area contributed by atoms with Crippen molar-refractivity contribution in [3.8, 4) is 0 Å². The van der Waals surface area contributed by atoms with Crippen LogP contribution in [0.3, 0.4) is 0 Å². The van der Waals surface area contributed by atoms with E-state index in [9.17, 15) is 0 Å². The van der Waals surface area contributed by atoms with Crippen LogP contribution < -0.4 is 0 Å². The molecular formula is C5H8Si. The summed E-state index contributed by atoms with van der Waals surface area (Å²) < 4.78 is 0. The lowest BCUT2D eigenvalue weighted by atomic mass is 10.3. The molecule has 0 nitrogen and oxygen atoms in total. The van der Waals surface area contributed by atoms with E-state index in [1.165, 1.54) is 5.57 Å². The van der Waals surface area contributed by atoms with E-state index in [4.69, 9.17) is 0 Å². The maximum atomic E-state index is 3.68. The predicted octanol–water partition coefficient (Wildman–Crippen LogP) is 0.923. The first-order chi connectivity index (χ1) is 2.77. The molecule has 0 aliphatic rings. The molecule has 0 spiro atoms. The number of hydrogen-bond acceptors (Lipinski definition) is 0. The third-order valence-corrected chi connectivity index (χ3v) is 0.655. The maximum absolute atomic E-state index is 3.68. The van der Waals surface area contributed by atoms with Crippen LogP contribution in [0, 0.1) is 0 Å². The number of allylic oxidation sites excluding steroid dienone is 1. The van der Waals surface area contributed by atoms with Crippen LogP contribution in [0.4, 0.5) is 0 Å². The van der Waals surface area contributed by atoms with Crippen molar-refractivity contribution in [3.63, 3.8) is 0 Å². The van der Waals surface area contributed by atoms with E-state index in [2.05, 4.69) is 16.4 Å². The smallest absolute Gasteiger partial charge is 0.0251 e. The minimum atomic E-state index is 0.969. The topological polar surface area (TPSA) is 0 Å². The zero-order valence-corrected chi connectivity index (χ0v) is 4.99. The van der Waals surface area contributed by atoms with E-state index in [0.29, 0.717) is 0 Å². The van der Waals surface area contributed by atoms with Gasteiger partial charge in [-0.3, -0.25) is 0 Å². The monoisotopic (exact) mass is 96.0 g/mol. The summed E-state index contributed by atoms with van der Waals surface area (Å²) in [5.74, 6) is 0. The molecule has 32 valence electrons. The van der Waals surface area contributed by atoms with Gasteiger partial charge in [0, 0.05) is 9.85 Å². The second kappa shape index (κ2) is 3.03. The highest BCUT2D eigenvalue weighted by Gasteiger charge is 1.71. The number of hydrogen-bond donors (Lipinski definition) is 0. The summed E-state index contributed by atoms with van der Waals surface area (Å²) in [7, 11) is 3.21. The van der Waals surface area contributed by atoms with Gasteiger partial charge in [-0.1, -0.05) is 17.8 Å². The fourth-order valence-electron chi connectivity index (χ4n) is 0.174. The van der Waals surface area contributed by atoms with Gasteiger partial charge in [-0.25, -0.2) is 0 Å².